The Balaban J connectivity index is 1.85. The van der Waals surface area contributed by atoms with Crippen molar-refractivity contribution < 1.29 is 63.3 Å². The van der Waals surface area contributed by atoms with Gasteiger partial charge in [-0.05, 0) is 107 Å². The van der Waals surface area contributed by atoms with Gasteiger partial charge in [-0.2, -0.15) is 0 Å². The molecule has 78 heavy (non-hydrogen) atoms. The van der Waals surface area contributed by atoms with Crippen molar-refractivity contribution in [1.29, 1.82) is 0 Å². The molecule has 1 aromatic carbocycles. The predicted octanol–water partition coefficient (Wildman–Crippen LogP) is -3.23. The molecule has 0 saturated carbocycles. The van der Waals surface area contributed by atoms with Crippen LogP contribution in [-0.2, 0) is 54.4 Å². The normalized spacial score (nSPS) is 18.6. The maximum absolute atomic E-state index is 14.6. The zero-order valence-corrected chi connectivity index (χ0v) is 45.4. The zero-order valence-electron chi connectivity index (χ0n) is 45.4. The highest BCUT2D eigenvalue weighted by Gasteiger charge is 2.43. The Bertz CT molecular complexity index is 2260. The van der Waals surface area contributed by atoms with Crippen molar-refractivity contribution in [1.82, 2.24) is 41.7 Å². The second kappa shape index (κ2) is 31.9. The smallest absolute Gasteiger partial charge is 0.326 e. The highest BCUT2D eigenvalue weighted by atomic mass is 16.4. The van der Waals surface area contributed by atoms with Gasteiger partial charge in [0.05, 0.1) is 12.1 Å². The molecule has 19 N–H and O–H groups in total. The molecule has 0 radical (unpaired) electrons. The van der Waals surface area contributed by atoms with Gasteiger partial charge in [-0.15, -0.1) is 0 Å². The van der Waals surface area contributed by atoms with E-state index >= 15 is 0 Å². The second-order valence-electron chi connectivity index (χ2n) is 20.4. The summed E-state index contributed by atoms with van der Waals surface area (Å²) in [5.41, 5.74) is 28.4. The number of nitrogens with one attached hydrogen (secondary N) is 6. The number of aliphatic carboxylic acids is 1. The number of phenolic OH excluding ortho intramolecular Hbond substituents is 1. The van der Waals surface area contributed by atoms with Crippen LogP contribution in [-0.4, -0.2) is 177 Å². The van der Waals surface area contributed by atoms with Crippen molar-refractivity contribution >= 4 is 65.1 Å². The first-order chi connectivity index (χ1) is 36.8. The number of likely N-dealkylation sites (tertiary alicyclic amines) is 2. The number of carboxylic acid groups (broad SMARTS) is 1. The van der Waals surface area contributed by atoms with Gasteiger partial charge in [0.2, 0.25) is 53.2 Å². The number of primary amides is 1. The number of phenols is 1. The minimum absolute atomic E-state index is 0.00410. The highest BCUT2D eigenvalue weighted by Crippen LogP contribution is 2.24. The molecule has 2 fully saturated rings. The SMILES string of the molecule is CC[C@H](C)[C@H](NC(=O)[C@@H]1CCCN1C(=O)[C@H](Cc1ccc(O)cc1)NC(=O)[C@H](CCC(N)=O)NC(=O)[C@@H](N)C(C)C)C(=O)N[C@H](C(=O)N[C@@H](CCCCN)C(=O)N1CCC[C@H]1C(=O)N[C@@H](CCCN=C(N)N)C(=O)O)[C@@H](C)O. The summed E-state index contributed by atoms with van der Waals surface area (Å²) in [5.74, 6) is -9.32. The van der Waals surface area contributed by atoms with Crippen LogP contribution in [0.4, 0.5) is 0 Å². The van der Waals surface area contributed by atoms with Crippen LogP contribution < -0.4 is 60.6 Å². The second-order valence-corrected chi connectivity index (χ2v) is 20.4. The van der Waals surface area contributed by atoms with E-state index in [2.05, 4.69) is 36.9 Å². The number of amides is 9. The summed E-state index contributed by atoms with van der Waals surface area (Å²) in [7, 11) is 0. The molecule has 11 atom stereocenters. The summed E-state index contributed by atoms with van der Waals surface area (Å²) >= 11 is 0. The van der Waals surface area contributed by atoms with E-state index in [1.54, 1.807) is 27.7 Å². The molecule has 9 amide bonds. The highest BCUT2D eigenvalue weighted by molar-refractivity contribution is 5.99. The third-order valence-electron chi connectivity index (χ3n) is 14.0. The number of aliphatic imine (C=N–C) groups is 1. The van der Waals surface area contributed by atoms with Gasteiger partial charge in [-0.25, -0.2) is 4.79 Å². The molecule has 1 aromatic rings. The fourth-order valence-electron chi connectivity index (χ4n) is 9.11. The molecule has 2 saturated heterocycles. The number of guanidine groups is 1. The lowest BCUT2D eigenvalue weighted by Crippen LogP contribution is -2.62. The van der Waals surface area contributed by atoms with Gasteiger partial charge in [0, 0.05) is 32.5 Å². The lowest BCUT2D eigenvalue weighted by molar-refractivity contribution is -0.145. The quantitative estimate of drug-likeness (QED) is 0.0192. The van der Waals surface area contributed by atoms with Crippen molar-refractivity contribution in [3.63, 3.8) is 0 Å². The molecule has 27 nitrogen and oxygen atoms in total. The van der Waals surface area contributed by atoms with Crippen LogP contribution in [0.5, 0.6) is 5.75 Å². The van der Waals surface area contributed by atoms with Gasteiger partial charge < -0.3 is 85.7 Å². The van der Waals surface area contributed by atoms with E-state index in [1.165, 1.54) is 41.0 Å². The number of unbranched alkanes of at least 4 members (excludes halogenated alkanes) is 1. The summed E-state index contributed by atoms with van der Waals surface area (Å²) in [6.07, 6.45) is 0.320. The molecule has 436 valence electrons. The van der Waals surface area contributed by atoms with Crippen LogP contribution in [0.15, 0.2) is 29.3 Å². The number of benzene rings is 1. The van der Waals surface area contributed by atoms with Crippen LogP contribution in [0.25, 0.3) is 0 Å². The predicted molar refractivity (Wildman–Crippen MR) is 286 cm³/mol. The Kier molecular flexibility index (Phi) is 26.7. The Morgan fingerprint density at radius 2 is 1.21 bits per heavy atom. The van der Waals surface area contributed by atoms with E-state index in [0.717, 1.165) is 0 Å². The van der Waals surface area contributed by atoms with Gasteiger partial charge in [0.1, 0.15) is 54.1 Å². The monoisotopic (exact) mass is 1100 g/mol. The number of hydrogen-bond acceptors (Lipinski definition) is 15. The Morgan fingerprint density at radius 3 is 1.73 bits per heavy atom. The number of hydrogen-bond donors (Lipinski definition) is 14. The molecule has 0 aliphatic carbocycles. The molecule has 0 aromatic heterocycles. The molecular formula is C51H84N14O13. The lowest BCUT2D eigenvalue weighted by atomic mass is 9.96. The van der Waals surface area contributed by atoms with Crippen LogP contribution in [0.1, 0.15) is 117 Å². The first-order valence-electron chi connectivity index (χ1n) is 26.7. The molecule has 27 heteroatoms. The third kappa shape index (κ3) is 20.0. The first kappa shape index (κ1) is 65.2. The third-order valence-corrected chi connectivity index (χ3v) is 14.0. The number of rotatable bonds is 32. The van der Waals surface area contributed by atoms with Crippen LogP contribution in [0.3, 0.4) is 0 Å². The molecule has 0 unspecified atom stereocenters. The zero-order chi connectivity index (χ0) is 58.4. The van der Waals surface area contributed by atoms with Gasteiger partial charge in [-0.1, -0.05) is 46.2 Å². The van der Waals surface area contributed by atoms with E-state index in [0.29, 0.717) is 37.7 Å². The van der Waals surface area contributed by atoms with Gasteiger partial charge in [-0.3, -0.25) is 48.1 Å². The van der Waals surface area contributed by atoms with Gasteiger partial charge in [0.25, 0.3) is 0 Å². The van der Waals surface area contributed by atoms with E-state index in [4.69, 9.17) is 28.7 Å². The average molecular weight is 1100 g/mol. The number of aliphatic hydroxyl groups is 1. The van der Waals surface area contributed by atoms with Crippen molar-refractivity contribution in [2.24, 2.45) is 45.5 Å². The van der Waals surface area contributed by atoms with E-state index < -0.39 is 126 Å². The summed E-state index contributed by atoms with van der Waals surface area (Å²) in [5, 5.41) is 46.4. The van der Waals surface area contributed by atoms with Crippen molar-refractivity contribution in [3.05, 3.63) is 29.8 Å². The van der Waals surface area contributed by atoms with Crippen LogP contribution in [0, 0.1) is 11.8 Å². The maximum Gasteiger partial charge on any atom is 0.326 e. The summed E-state index contributed by atoms with van der Waals surface area (Å²) in [6.45, 7) is 8.65. The number of nitrogens with two attached hydrogens (primary N) is 5. The van der Waals surface area contributed by atoms with Crippen molar-refractivity contribution in [3.8, 4) is 5.75 Å². The lowest BCUT2D eigenvalue weighted by Gasteiger charge is -2.33. The number of aliphatic hydroxyl groups excluding tert-OH is 1. The number of nitrogens with zero attached hydrogens (tertiary/aromatic N) is 3. The van der Waals surface area contributed by atoms with Crippen LogP contribution in [0.2, 0.25) is 0 Å². The van der Waals surface area contributed by atoms with E-state index in [-0.39, 0.29) is 95.2 Å². The number of carbonyl (C=O) groups excluding carboxylic acids is 9. The summed E-state index contributed by atoms with van der Waals surface area (Å²) < 4.78 is 0. The number of carbonyl (C=O) groups is 10. The van der Waals surface area contributed by atoms with Gasteiger partial charge >= 0.3 is 5.97 Å². The van der Waals surface area contributed by atoms with Crippen molar-refractivity contribution in [2.75, 3.05) is 26.2 Å². The first-order valence-corrected chi connectivity index (χ1v) is 26.7. The molecule has 0 bridgehead atoms. The largest absolute Gasteiger partial charge is 0.508 e. The maximum atomic E-state index is 14.6. The topological polar surface area (TPSA) is 453 Å². The van der Waals surface area contributed by atoms with Crippen LogP contribution >= 0.6 is 0 Å². The average Bonchev–Trinajstić information content (AvgIpc) is 4.10. The Labute approximate surface area is 454 Å². The van der Waals surface area contributed by atoms with Gasteiger partial charge in [0.15, 0.2) is 5.96 Å². The molecule has 2 heterocycles. The molecule has 0 spiro atoms. The Morgan fingerprint density at radius 1 is 0.667 bits per heavy atom. The fraction of sp³-hybridized carbons (Fsp3) is 0.667. The number of aromatic hydroxyl groups is 1. The molecule has 3 rings (SSSR count). The summed E-state index contributed by atoms with van der Waals surface area (Å²) in [4.78, 5) is 142. The molecular weight excluding hydrogens is 1020 g/mol. The van der Waals surface area contributed by atoms with E-state index in [9.17, 15) is 63.3 Å². The minimum atomic E-state index is -1.68. The standard InChI is InChI=1S/C51H84N14O13/c1-6-28(4)40(46(73)63-41(29(5)66)47(74)59-33(12-7-8-22-52)48(75)64-24-10-14-36(64)43(70)60-34(50(77)78)13-9-23-57-51(55)56)62-44(71)37-15-11-25-65(37)49(76)35(26-30-16-18-31(67)19-17-30)61-42(69)32(20-21-38(53)68)58-45(72)39(54)27(2)3/h16-19,27-29,32-37,39-41,66-67H,6-15,20-26,52,54H2,1-5H3,(H2,53,68)(H,58,72)(H,59,74)(H,60,70)(H,61,69)(H,62,71)(H,63,73)(H,77,78)(H4,55,56,57)/t28-,29+,32-,33-,34-,35-,36-,37-,39-,40-,41-/m0/s1. The van der Waals surface area contributed by atoms with E-state index in [1.807, 2.05) is 0 Å². The minimum Gasteiger partial charge on any atom is -0.508 e. The molecule has 2 aliphatic rings. The number of carboxylic acids is 1. The van der Waals surface area contributed by atoms with Crippen molar-refractivity contribution in [2.45, 2.75) is 179 Å². The summed E-state index contributed by atoms with van der Waals surface area (Å²) in [6, 6.07) is -5.70. The fourth-order valence-corrected chi connectivity index (χ4v) is 9.11. The molecule has 2 aliphatic heterocycles. The Hall–Kier alpha value is -7.13.